The van der Waals surface area contributed by atoms with Crippen molar-refractivity contribution < 1.29 is 17.9 Å². The van der Waals surface area contributed by atoms with Gasteiger partial charge in [0.25, 0.3) is 10.0 Å². The standard InChI is InChI=1S/C21H26N2O4S/c1-15(2)13-23-18-11-10-16(12-19(18)27-14-21(3,4)20(23)24)22-28(25,26)17-8-6-5-7-9-17/h5-12,15,22H,13-14H2,1-4H3. The fraction of sp³-hybridized carbons (Fsp3) is 0.381. The molecule has 2 aromatic rings. The number of anilines is 2. The van der Waals surface area contributed by atoms with Crippen molar-refractivity contribution in [1.29, 1.82) is 0 Å². The Morgan fingerprint density at radius 1 is 1.14 bits per heavy atom. The van der Waals surface area contributed by atoms with Gasteiger partial charge in [-0.05, 0) is 44.0 Å². The minimum atomic E-state index is -3.70. The van der Waals surface area contributed by atoms with E-state index in [0.29, 0.717) is 23.7 Å². The van der Waals surface area contributed by atoms with Crippen LogP contribution >= 0.6 is 0 Å². The summed E-state index contributed by atoms with van der Waals surface area (Å²) in [6, 6.07) is 13.2. The molecule has 0 aliphatic carbocycles. The smallest absolute Gasteiger partial charge is 0.261 e. The molecule has 0 unspecified atom stereocenters. The third kappa shape index (κ3) is 4.14. The SMILES string of the molecule is CC(C)CN1C(=O)C(C)(C)COc2cc(NS(=O)(=O)c3ccccc3)ccc21. The van der Waals surface area contributed by atoms with E-state index in [1.165, 1.54) is 12.1 Å². The predicted octanol–water partition coefficient (Wildman–Crippen LogP) is 3.90. The molecule has 0 saturated carbocycles. The molecule has 2 aromatic carbocycles. The molecule has 1 heterocycles. The van der Waals surface area contributed by atoms with Crippen LogP contribution in [0, 0.1) is 11.3 Å². The minimum absolute atomic E-state index is 0.00225. The van der Waals surface area contributed by atoms with Gasteiger partial charge in [-0.3, -0.25) is 9.52 Å². The van der Waals surface area contributed by atoms with Gasteiger partial charge in [-0.1, -0.05) is 32.0 Å². The Morgan fingerprint density at radius 3 is 2.46 bits per heavy atom. The number of carbonyl (C=O) groups excluding carboxylic acids is 1. The third-order valence-electron chi connectivity index (χ3n) is 4.52. The van der Waals surface area contributed by atoms with E-state index in [0.717, 1.165) is 0 Å². The Hall–Kier alpha value is -2.54. The molecule has 0 aromatic heterocycles. The molecule has 1 amide bonds. The zero-order chi connectivity index (χ0) is 20.5. The molecule has 0 saturated heterocycles. The first-order valence-electron chi connectivity index (χ1n) is 9.27. The molecule has 1 aliphatic heterocycles. The Labute approximate surface area is 166 Å². The molecule has 0 fully saturated rings. The average Bonchev–Trinajstić information content (AvgIpc) is 2.72. The molecule has 1 aliphatic rings. The van der Waals surface area contributed by atoms with E-state index in [-0.39, 0.29) is 23.3 Å². The molecule has 0 atom stereocenters. The second kappa shape index (κ2) is 7.47. The molecule has 3 rings (SSSR count). The monoisotopic (exact) mass is 402 g/mol. The van der Waals surface area contributed by atoms with Gasteiger partial charge in [0.1, 0.15) is 12.4 Å². The molecule has 150 valence electrons. The van der Waals surface area contributed by atoms with E-state index in [1.807, 2.05) is 27.7 Å². The van der Waals surface area contributed by atoms with Gasteiger partial charge in [0, 0.05) is 12.6 Å². The Kier molecular flexibility index (Phi) is 5.39. The molecule has 7 heteroatoms. The summed E-state index contributed by atoms with van der Waals surface area (Å²) in [5, 5.41) is 0. The number of nitrogens with one attached hydrogen (secondary N) is 1. The van der Waals surface area contributed by atoms with E-state index in [1.54, 1.807) is 41.3 Å². The Bertz CT molecular complexity index is 969. The number of amides is 1. The summed E-state index contributed by atoms with van der Waals surface area (Å²) < 4.78 is 33.7. The Balaban J connectivity index is 1.96. The van der Waals surface area contributed by atoms with Crippen molar-refractivity contribution in [2.75, 3.05) is 22.8 Å². The number of ether oxygens (including phenoxy) is 1. The van der Waals surface area contributed by atoms with Gasteiger partial charge in [0.2, 0.25) is 5.91 Å². The molecule has 0 bridgehead atoms. The zero-order valence-electron chi connectivity index (χ0n) is 16.6. The first-order valence-corrected chi connectivity index (χ1v) is 10.8. The number of hydrogen-bond acceptors (Lipinski definition) is 4. The van der Waals surface area contributed by atoms with Gasteiger partial charge < -0.3 is 9.64 Å². The van der Waals surface area contributed by atoms with Crippen LogP contribution in [-0.4, -0.2) is 27.5 Å². The van der Waals surface area contributed by atoms with Crippen molar-refractivity contribution in [2.45, 2.75) is 32.6 Å². The maximum Gasteiger partial charge on any atom is 0.261 e. The normalized spacial score (nSPS) is 16.3. The van der Waals surface area contributed by atoms with E-state index in [2.05, 4.69) is 4.72 Å². The largest absolute Gasteiger partial charge is 0.490 e. The highest BCUT2D eigenvalue weighted by Gasteiger charge is 2.38. The fourth-order valence-corrected chi connectivity index (χ4v) is 4.14. The van der Waals surface area contributed by atoms with Crippen LogP contribution in [-0.2, 0) is 14.8 Å². The minimum Gasteiger partial charge on any atom is -0.490 e. The van der Waals surface area contributed by atoms with Crippen LogP contribution in [0.1, 0.15) is 27.7 Å². The average molecular weight is 403 g/mol. The quantitative estimate of drug-likeness (QED) is 0.823. The number of carbonyl (C=O) groups is 1. The van der Waals surface area contributed by atoms with Gasteiger partial charge in [-0.25, -0.2) is 8.42 Å². The molecular formula is C21H26N2O4S. The number of sulfonamides is 1. The lowest BCUT2D eigenvalue weighted by atomic mass is 9.92. The zero-order valence-corrected chi connectivity index (χ0v) is 17.4. The van der Waals surface area contributed by atoms with Crippen LogP contribution in [0.2, 0.25) is 0 Å². The van der Waals surface area contributed by atoms with Crippen molar-refractivity contribution in [2.24, 2.45) is 11.3 Å². The van der Waals surface area contributed by atoms with Crippen LogP contribution < -0.4 is 14.4 Å². The molecule has 0 spiro atoms. The lowest BCUT2D eigenvalue weighted by Gasteiger charge is -2.29. The van der Waals surface area contributed by atoms with Crippen molar-refractivity contribution in [3.8, 4) is 5.75 Å². The number of hydrogen-bond donors (Lipinski definition) is 1. The van der Waals surface area contributed by atoms with Gasteiger partial charge in [-0.2, -0.15) is 0 Å². The first kappa shape index (κ1) is 20.2. The highest BCUT2D eigenvalue weighted by molar-refractivity contribution is 7.92. The van der Waals surface area contributed by atoms with Crippen LogP contribution in [0.5, 0.6) is 5.75 Å². The lowest BCUT2D eigenvalue weighted by Crippen LogP contribution is -2.43. The van der Waals surface area contributed by atoms with Crippen LogP contribution in [0.4, 0.5) is 11.4 Å². The van der Waals surface area contributed by atoms with Crippen molar-refractivity contribution >= 4 is 27.3 Å². The van der Waals surface area contributed by atoms with Gasteiger partial charge in [-0.15, -0.1) is 0 Å². The molecule has 6 nitrogen and oxygen atoms in total. The second-order valence-electron chi connectivity index (χ2n) is 8.08. The highest BCUT2D eigenvalue weighted by Crippen LogP contribution is 2.38. The summed E-state index contributed by atoms with van der Waals surface area (Å²) in [5.41, 5.74) is 0.378. The summed E-state index contributed by atoms with van der Waals surface area (Å²) in [6.45, 7) is 8.60. The summed E-state index contributed by atoms with van der Waals surface area (Å²) in [6.07, 6.45) is 0. The summed E-state index contributed by atoms with van der Waals surface area (Å²) >= 11 is 0. The fourth-order valence-electron chi connectivity index (χ4n) is 3.07. The number of nitrogens with zero attached hydrogens (tertiary/aromatic N) is 1. The summed E-state index contributed by atoms with van der Waals surface area (Å²) in [7, 11) is -3.70. The first-order chi connectivity index (χ1) is 13.1. The molecule has 28 heavy (non-hydrogen) atoms. The topological polar surface area (TPSA) is 75.7 Å². The third-order valence-corrected chi connectivity index (χ3v) is 5.91. The van der Waals surface area contributed by atoms with E-state index in [4.69, 9.17) is 4.74 Å². The number of benzene rings is 2. The highest BCUT2D eigenvalue weighted by atomic mass is 32.2. The second-order valence-corrected chi connectivity index (χ2v) is 9.77. The van der Waals surface area contributed by atoms with E-state index < -0.39 is 15.4 Å². The van der Waals surface area contributed by atoms with Crippen LogP contribution in [0.15, 0.2) is 53.4 Å². The summed E-state index contributed by atoms with van der Waals surface area (Å²) in [4.78, 5) is 14.9. The van der Waals surface area contributed by atoms with Crippen molar-refractivity contribution in [3.05, 3.63) is 48.5 Å². The van der Waals surface area contributed by atoms with Gasteiger partial charge >= 0.3 is 0 Å². The predicted molar refractivity (Wildman–Crippen MR) is 110 cm³/mol. The van der Waals surface area contributed by atoms with Gasteiger partial charge in [0.15, 0.2) is 0 Å². The molecule has 0 radical (unpaired) electrons. The molecular weight excluding hydrogens is 376 g/mol. The van der Waals surface area contributed by atoms with Crippen LogP contribution in [0.3, 0.4) is 0 Å². The summed E-state index contributed by atoms with van der Waals surface area (Å²) in [5.74, 6) is 0.771. The molecule has 1 N–H and O–H groups in total. The number of rotatable bonds is 5. The Morgan fingerprint density at radius 2 is 1.82 bits per heavy atom. The van der Waals surface area contributed by atoms with Crippen LogP contribution in [0.25, 0.3) is 0 Å². The van der Waals surface area contributed by atoms with Crippen molar-refractivity contribution in [1.82, 2.24) is 0 Å². The maximum absolute atomic E-state index is 13.0. The lowest BCUT2D eigenvalue weighted by molar-refractivity contribution is -0.127. The van der Waals surface area contributed by atoms with E-state index >= 15 is 0 Å². The number of fused-ring (bicyclic) bond motifs is 1. The van der Waals surface area contributed by atoms with E-state index in [9.17, 15) is 13.2 Å². The van der Waals surface area contributed by atoms with Gasteiger partial charge in [0.05, 0.1) is 21.7 Å². The van der Waals surface area contributed by atoms with Crippen molar-refractivity contribution in [3.63, 3.8) is 0 Å². The maximum atomic E-state index is 13.0.